The Balaban J connectivity index is 3.85. The largest absolute Gasteiger partial charge is 0.472 e. The summed E-state index contributed by atoms with van der Waals surface area (Å²) in [5.74, 6) is -0.803. The van der Waals surface area contributed by atoms with Crippen LogP contribution in [0.25, 0.3) is 0 Å². The van der Waals surface area contributed by atoms with Crippen LogP contribution in [0, 0.1) is 0 Å². The first-order chi connectivity index (χ1) is 35.8. The Morgan fingerprint density at radius 2 is 0.671 bits per heavy atom. The first-order valence-electron chi connectivity index (χ1n) is 32.2. The molecule has 434 valence electrons. The average molecular weight is 1050 g/mol. The van der Waals surface area contributed by atoms with Crippen LogP contribution >= 0.6 is 7.82 Å². The van der Waals surface area contributed by atoms with Crippen LogP contribution in [0.5, 0.6) is 0 Å². The van der Waals surface area contributed by atoms with Gasteiger partial charge in [0.1, 0.15) is 6.61 Å². The monoisotopic (exact) mass is 1050 g/mol. The second kappa shape index (κ2) is 60.0. The highest BCUT2D eigenvalue weighted by Gasteiger charge is 2.26. The smallest absolute Gasteiger partial charge is 0.462 e. The van der Waals surface area contributed by atoms with E-state index in [2.05, 4.69) is 26.0 Å². The summed E-state index contributed by atoms with van der Waals surface area (Å²) in [6.07, 6.45) is 70.0. The van der Waals surface area contributed by atoms with Gasteiger partial charge in [-0.1, -0.05) is 309 Å². The SMILES string of the molecule is CCCCCCCCCC/C=C\CCCCCCCCCCCCCCCCCCCC(=O)OC(COC(=O)CCCCCCCCCCCCCCCCCCCCCCCCC)COP(=O)(O)OCCN. The van der Waals surface area contributed by atoms with Gasteiger partial charge < -0.3 is 20.1 Å². The minimum atomic E-state index is -4.38. The Labute approximate surface area is 453 Å². The molecule has 0 spiro atoms. The maximum absolute atomic E-state index is 12.7. The molecule has 9 nitrogen and oxygen atoms in total. The molecule has 0 aromatic carbocycles. The molecule has 2 atom stereocenters. The van der Waals surface area contributed by atoms with Crippen LogP contribution in [-0.4, -0.2) is 49.3 Å². The Kier molecular flexibility index (Phi) is 59.0. The van der Waals surface area contributed by atoms with Gasteiger partial charge in [0.25, 0.3) is 0 Å². The normalized spacial score (nSPS) is 13.0. The lowest BCUT2D eigenvalue weighted by molar-refractivity contribution is -0.161. The molecule has 10 heteroatoms. The van der Waals surface area contributed by atoms with E-state index in [4.69, 9.17) is 24.3 Å². The molecule has 73 heavy (non-hydrogen) atoms. The molecular weight excluding hydrogens is 930 g/mol. The van der Waals surface area contributed by atoms with Gasteiger partial charge in [0.15, 0.2) is 6.10 Å². The minimum Gasteiger partial charge on any atom is -0.462 e. The Bertz CT molecular complexity index is 1200. The summed E-state index contributed by atoms with van der Waals surface area (Å²) in [5, 5.41) is 0. The zero-order valence-corrected chi connectivity index (χ0v) is 49.6. The lowest BCUT2D eigenvalue weighted by atomic mass is 10.0. The molecule has 0 aliphatic heterocycles. The molecule has 0 rings (SSSR count). The summed E-state index contributed by atoms with van der Waals surface area (Å²) in [6, 6.07) is 0. The third kappa shape index (κ3) is 59.8. The van der Waals surface area contributed by atoms with Crippen LogP contribution in [0.4, 0.5) is 0 Å². The van der Waals surface area contributed by atoms with Crippen LogP contribution in [0.15, 0.2) is 12.2 Å². The van der Waals surface area contributed by atoms with E-state index in [1.165, 1.54) is 283 Å². The maximum atomic E-state index is 12.7. The number of phosphoric ester groups is 1. The van der Waals surface area contributed by atoms with Gasteiger partial charge in [0.2, 0.25) is 0 Å². The predicted octanol–water partition coefficient (Wildman–Crippen LogP) is 20.4. The number of carbonyl (C=O) groups excluding carboxylic acids is 2. The first-order valence-corrected chi connectivity index (χ1v) is 33.7. The van der Waals surface area contributed by atoms with E-state index in [0.717, 1.165) is 32.1 Å². The second-order valence-corrected chi connectivity index (χ2v) is 23.4. The van der Waals surface area contributed by atoms with E-state index in [0.29, 0.717) is 6.42 Å². The summed E-state index contributed by atoms with van der Waals surface area (Å²) in [6.45, 7) is 3.83. The zero-order chi connectivity index (χ0) is 53.1. The average Bonchev–Trinajstić information content (AvgIpc) is 3.38. The Hall–Kier alpha value is -1.25. The highest BCUT2D eigenvalue weighted by molar-refractivity contribution is 7.47. The number of unbranched alkanes of at least 4 members (excludes halogenated alkanes) is 47. The standard InChI is InChI=1S/C63H124NO8P/c1-3-5-7-9-11-13-15-17-19-21-23-25-27-28-29-30-31-32-34-36-38-40-42-44-46-48-50-52-54-56-63(66)72-61(60-71-73(67,68)70-58-57-64)59-69-62(65)55-53-51-49-47-45-43-41-39-37-35-33-26-24-22-20-18-16-14-12-10-8-6-4-2/h21,23,61H,3-20,22,24-60,64H2,1-2H3,(H,67,68)/b23-21-. The van der Waals surface area contributed by atoms with Crippen molar-refractivity contribution in [2.24, 2.45) is 5.73 Å². The van der Waals surface area contributed by atoms with E-state index >= 15 is 0 Å². The van der Waals surface area contributed by atoms with Crippen molar-refractivity contribution in [1.82, 2.24) is 0 Å². The lowest BCUT2D eigenvalue weighted by Crippen LogP contribution is -2.29. The number of ether oxygens (including phenoxy) is 2. The number of esters is 2. The highest BCUT2D eigenvalue weighted by Crippen LogP contribution is 2.43. The molecule has 0 aliphatic rings. The van der Waals surface area contributed by atoms with Gasteiger partial charge in [0.05, 0.1) is 13.2 Å². The molecule has 2 unspecified atom stereocenters. The van der Waals surface area contributed by atoms with Crippen molar-refractivity contribution < 1.29 is 37.6 Å². The van der Waals surface area contributed by atoms with E-state index in [9.17, 15) is 19.0 Å². The van der Waals surface area contributed by atoms with Gasteiger partial charge in [-0.15, -0.1) is 0 Å². The van der Waals surface area contributed by atoms with Crippen LogP contribution in [0.1, 0.15) is 348 Å². The fraction of sp³-hybridized carbons (Fsp3) is 0.937. The van der Waals surface area contributed by atoms with Gasteiger partial charge in [-0.3, -0.25) is 18.6 Å². The summed E-state index contributed by atoms with van der Waals surface area (Å²) in [4.78, 5) is 35.3. The molecule has 0 aromatic heterocycles. The summed E-state index contributed by atoms with van der Waals surface area (Å²) in [5.41, 5.74) is 5.39. The zero-order valence-electron chi connectivity index (χ0n) is 48.7. The van der Waals surface area contributed by atoms with E-state index in [-0.39, 0.29) is 38.6 Å². The van der Waals surface area contributed by atoms with Crippen molar-refractivity contribution in [3.8, 4) is 0 Å². The molecule has 0 fully saturated rings. The van der Waals surface area contributed by atoms with Gasteiger partial charge in [-0.25, -0.2) is 4.57 Å². The maximum Gasteiger partial charge on any atom is 0.472 e. The van der Waals surface area contributed by atoms with Gasteiger partial charge in [-0.2, -0.15) is 0 Å². The van der Waals surface area contributed by atoms with Crippen molar-refractivity contribution in [1.29, 1.82) is 0 Å². The Morgan fingerprint density at radius 3 is 0.973 bits per heavy atom. The van der Waals surface area contributed by atoms with Gasteiger partial charge in [0, 0.05) is 19.4 Å². The van der Waals surface area contributed by atoms with Crippen LogP contribution in [-0.2, 0) is 32.7 Å². The number of hydrogen-bond donors (Lipinski definition) is 2. The van der Waals surface area contributed by atoms with Crippen LogP contribution in [0.3, 0.4) is 0 Å². The topological polar surface area (TPSA) is 134 Å². The number of hydrogen-bond acceptors (Lipinski definition) is 8. The third-order valence-corrected chi connectivity index (χ3v) is 15.6. The number of phosphoric acid groups is 1. The number of nitrogens with two attached hydrogens (primary N) is 1. The quantitative estimate of drug-likeness (QED) is 0.0264. The minimum absolute atomic E-state index is 0.0576. The fourth-order valence-electron chi connectivity index (χ4n) is 9.87. The van der Waals surface area contributed by atoms with Crippen LogP contribution < -0.4 is 5.73 Å². The first kappa shape index (κ1) is 71.8. The summed E-state index contributed by atoms with van der Waals surface area (Å²) in [7, 11) is -4.38. The van der Waals surface area contributed by atoms with Gasteiger partial charge >= 0.3 is 19.8 Å². The predicted molar refractivity (Wildman–Crippen MR) is 312 cm³/mol. The third-order valence-electron chi connectivity index (χ3n) is 14.7. The summed E-state index contributed by atoms with van der Waals surface area (Å²) < 4.78 is 33.1. The second-order valence-electron chi connectivity index (χ2n) is 22.0. The van der Waals surface area contributed by atoms with E-state index in [1.54, 1.807) is 0 Å². The molecule has 3 N–H and O–H groups in total. The van der Waals surface area contributed by atoms with Crippen molar-refractivity contribution in [2.45, 2.75) is 354 Å². The van der Waals surface area contributed by atoms with Crippen molar-refractivity contribution in [3.05, 3.63) is 12.2 Å². The molecule has 0 amide bonds. The molecule has 0 saturated carbocycles. The number of carbonyl (C=O) groups is 2. The number of rotatable bonds is 62. The van der Waals surface area contributed by atoms with Gasteiger partial charge in [-0.05, 0) is 38.5 Å². The highest BCUT2D eigenvalue weighted by atomic mass is 31.2. The van der Waals surface area contributed by atoms with Crippen LogP contribution in [0.2, 0.25) is 0 Å². The lowest BCUT2D eigenvalue weighted by Gasteiger charge is -2.19. The molecule has 0 aliphatic carbocycles. The number of allylic oxidation sites excluding steroid dienone is 2. The van der Waals surface area contributed by atoms with E-state index in [1.807, 2.05) is 0 Å². The molecule has 0 radical (unpaired) electrons. The van der Waals surface area contributed by atoms with E-state index < -0.39 is 26.5 Å². The van der Waals surface area contributed by atoms with Crippen molar-refractivity contribution in [2.75, 3.05) is 26.4 Å². The molecule has 0 bridgehead atoms. The molecule has 0 heterocycles. The fourth-order valence-corrected chi connectivity index (χ4v) is 10.6. The molecule has 0 saturated heterocycles. The van der Waals surface area contributed by atoms with Crippen molar-refractivity contribution >= 4 is 19.8 Å². The molecule has 0 aromatic rings. The van der Waals surface area contributed by atoms with Crippen molar-refractivity contribution in [3.63, 3.8) is 0 Å². The summed E-state index contributed by atoms with van der Waals surface area (Å²) >= 11 is 0. The Morgan fingerprint density at radius 1 is 0.397 bits per heavy atom. The molecular formula is C63H124NO8P.